The minimum Gasteiger partial charge on any atom is -0.343 e. The highest BCUT2D eigenvalue weighted by Crippen LogP contribution is 2.19. The number of aromatic nitrogens is 2. The number of amides is 1. The molecule has 0 saturated heterocycles. The third-order valence-electron chi connectivity index (χ3n) is 3.10. The van der Waals surface area contributed by atoms with Crippen molar-refractivity contribution in [2.75, 3.05) is 0 Å². The monoisotopic (exact) mass is 315 g/mol. The first-order chi connectivity index (χ1) is 11.1. The van der Waals surface area contributed by atoms with E-state index in [2.05, 4.69) is 15.5 Å². The maximum Gasteiger partial charge on any atom is 0.254 e. The van der Waals surface area contributed by atoms with Crippen molar-refractivity contribution in [3.63, 3.8) is 0 Å². The van der Waals surface area contributed by atoms with E-state index in [1.165, 1.54) is 30.3 Å². The van der Waals surface area contributed by atoms with Gasteiger partial charge in [0.05, 0.1) is 17.7 Å². The zero-order valence-electron chi connectivity index (χ0n) is 11.8. The second-order valence-electron chi connectivity index (χ2n) is 4.65. The molecular formula is C16H11F2N3O2. The summed E-state index contributed by atoms with van der Waals surface area (Å²) in [5, 5.41) is 6.13. The van der Waals surface area contributed by atoms with Crippen molar-refractivity contribution in [3.05, 3.63) is 71.6 Å². The van der Waals surface area contributed by atoms with Gasteiger partial charge in [-0.15, -0.1) is 0 Å². The number of rotatable bonds is 4. The molecule has 1 aromatic heterocycles. The summed E-state index contributed by atoms with van der Waals surface area (Å²) in [7, 11) is 0. The van der Waals surface area contributed by atoms with E-state index in [1.807, 2.05) is 0 Å². The predicted octanol–water partition coefficient (Wildman–Crippen LogP) is 2.94. The summed E-state index contributed by atoms with van der Waals surface area (Å²) in [4.78, 5) is 15.9. The van der Waals surface area contributed by atoms with Crippen molar-refractivity contribution in [3.8, 4) is 11.4 Å². The molecule has 0 bridgehead atoms. The number of carbonyl (C=O) groups is 1. The van der Waals surface area contributed by atoms with Crippen molar-refractivity contribution in [2.24, 2.45) is 0 Å². The Kier molecular flexibility index (Phi) is 4.09. The number of hydrogen-bond donors (Lipinski definition) is 1. The summed E-state index contributed by atoms with van der Waals surface area (Å²) in [5.41, 5.74) is 0.115. The number of nitrogens with zero attached hydrogens (tertiary/aromatic N) is 2. The maximum absolute atomic E-state index is 13.6. The number of carbonyl (C=O) groups excluding carboxylic acids is 1. The fourth-order valence-corrected chi connectivity index (χ4v) is 1.98. The maximum atomic E-state index is 13.6. The summed E-state index contributed by atoms with van der Waals surface area (Å²) in [5.74, 6) is -1.53. The highest BCUT2D eigenvalue weighted by Gasteiger charge is 2.14. The van der Waals surface area contributed by atoms with Gasteiger partial charge < -0.3 is 9.84 Å². The van der Waals surface area contributed by atoms with E-state index < -0.39 is 17.5 Å². The molecule has 0 fully saturated rings. The average Bonchev–Trinajstić information content (AvgIpc) is 3.02. The van der Waals surface area contributed by atoms with Crippen molar-refractivity contribution >= 4 is 5.91 Å². The fraction of sp³-hybridized carbons (Fsp3) is 0.0625. The summed E-state index contributed by atoms with van der Waals surface area (Å²) < 4.78 is 32.1. The summed E-state index contributed by atoms with van der Waals surface area (Å²) in [6, 6.07) is 11.6. The highest BCUT2D eigenvalue weighted by molar-refractivity contribution is 5.94. The summed E-state index contributed by atoms with van der Waals surface area (Å²) in [6.45, 7) is -0.0887. The molecule has 0 saturated carbocycles. The van der Waals surface area contributed by atoms with Gasteiger partial charge in [0.25, 0.3) is 5.91 Å². The first-order valence-corrected chi connectivity index (χ1v) is 6.75. The second kappa shape index (κ2) is 6.35. The lowest BCUT2D eigenvalue weighted by Gasteiger charge is -2.02. The summed E-state index contributed by atoms with van der Waals surface area (Å²) in [6.07, 6.45) is 0. The van der Waals surface area contributed by atoms with Crippen LogP contribution in [0.3, 0.4) is 0 Å². The SMILES string of the molecule is O=C(NCc1nc(-c2ccccc2F)no1)c1ccccc1F. The number of benzene rings is 2. The average molecular weight is 315 g/mol. The second-order valence-corrected chi connectivity index (χ2v) is 4.65. The third-order valence-corrected chi connectivity index (χ3v) is 3.10. The molecule has 0 spiro atoms. The van der Waals surface area contributed by atoms with E-state index in [1.54, 1.807) is 18.2 Å². The Morgan fingerprint density at radius 1 is 1.04 bits per heavy atom. The van der Waals surface area contributed by atoms with Crippen molar-refractivity contribution in [2.45, 2.75) is 6.54 Å². The van der Waals surface area contributed by atoms with E-state index in [9.17, 15) is 13.6 Å². The Morgan fingerprint density at radius 3 is 2.48 bits per heavy atom. The topological polar surface area (TPSA) is 68.0 Å². The van der Waals surface area contributed by atoms with Gasteiger partial charge in [-0.2, -0.15) is 4.98 Å². The van der Waals surface area contributed by atoms with Gasteiger partial charge in [-0.3, -0.25) is 4.79 Å². The smallest absolute Gasteiger partial charge is 0.254 e. The number of halogens is 2. The zero-order valence-corrected chi connectivity index (χ0v) is 11.8. The van der Waals surface area contributed by atoms with Gasteiger partial charge in [0.2, 0.25) is 11.7 Å². The molecule has 23 heavy (non-hydrogen) atoms. The van der Waals surface area contributed by atoms with Gasteiger partial charge in [0.15, 0.2) is 0 Å². The lowest BCUT2D eigenvalue weighted by molar-refractivity contribution is 0.0942. The normalized spacial score (nSPS) is 10.5. The van der Waals surface area contributed by atoms with Crippen molar-refractivity contribution in [1.29, 1.82) is 0 Å². The van der Waals surface area contributed by atoms with Crippen LogP contribution in [0.2, 0.25) is 0 Å². The van der Waals surface area contributed by atoms with E-state index in [4.69, 9.17) is 4.52 Å². The van der Waals surface area contributed by atoms with Gasteiger partial charge in [0.1, 0.15) is 11.6 Å². The van der Waals surface area contributed by atoms with Crippen LogP contribution in [0.15, 0.2) is 53.1 Å². The number of nitrogens with one attached hydrogen (secondary N) is 1. The Bertz CT molecular complexity index is 849. The Balaban J connectivity index is 1.70. The molecule has 116 valence electrons. The molecule has 0 aliphatic heterocycles. The molecule has 3 aromatic rings. The van der Waals surface area contributed by atoms with Crippen LogP contribution in [-0.4, -0.2) is 16.0 Å². The van der Waals surface area contributed by atoms with E-state index in [-0.39, 0.29) is 29.4 Å². The van der Waals surface area contributed by atoms with Crippen LogP contribution < -0.4 is 5.32 Å². The molecule has 1 amide bonds. The lowest BCUT2D eigenvalue weighted by atomic mass is 10.2. The Labute approximate surface area is 130 Å². The highest BCUT2D eigenvalue weighted by atomic mass is 19.1. The van der Waals surface area contributed by atoms with Gasteiger partial charge in [0, 0.05) is 0 Å². The van der Waals surface area contributed by atoms with E-state index in [0.717, 1.165) is 0 Å². The molecule has 7 heteroatoms. The number of hydrogen-bond acceptors (Lipinski definition) is 4. The van der Waals surface area contributed by atoms with E-state index >= 15 is 0 Å². The largest absolute Gasteiger partial charge is 0.343 e. The quantitative estimate of drug-likeness (QED) is 0.804. The summed E-state index contributed by atoms with van der Waals surface area (Å²) >= 11 is 0. The standard InChI is InChI=1S/C16H11F2N3O2/c17-12-7-3-1-5-10(12)15-20-14(23-21-15)9-19-16(22)11-6-2-4-8-13(11)18/h1-8H,9H2,(H,19,22). The molecule has 0 aliphatic carbocycles. The molecule has 1 heterocycles. The molecule has 0 aliphatic rings. The molecule has 3 rings (SSSR count). The molecule has 5 nitrogen and oxygen atoms in total. The predicted molar refractivity (Wildman–Crippen MR) is 77.3 cm³/mol. The molecule has 0 unspecified atom stereocenters. The van der Waals surface area contributed by atoms with Crippen molar-refractivity contribution < 1.29 is 18.1 Å². The van der Waals surface area contributed by atoms with Gasteiger partial charge in [-0.1, -0.05) is 29.4 Å². The Morgan fingerprint density at radius 2 is 1.74 bits per heavy atom. The van der Waals surface area contributed by atoms with Crippen LogP contribution in [0.25, 0.3) is 11.4 Å². The molecule has 0 atom stereocenters. The first kappa shape index (κ1) is 14.8. The fourth-order valence-electron chi connectivity index (χ4n) is 1.98. The molecule has 2 aromatic carbocycles. The Hall–Kier alpha value is -3.09. The van der Waals surface area contributed by atoms with Crippen molar-refractivity contribution in [1.82, 2.24) is 15.5 Å². The van der Waals surface area contributed by atoms with E-state index in [0.29, 0.717) is 0 Å². The van der Waals surface area contributed by atoms with Crippen LogP contribution in [0.4, 0.5) is 8.78 Å². The van der Waals surface area contributed by atoms with Gasteiger partial charge in [-0.05, 0) is 24.3 Å². The molecular weight excluding hydrogens is 304 g/mol. The van der Waals surface area contributed by atoms with Crippen LogP contribution in [0.5, 0.6) is 0 Å². The lowest BCUT2D eigenvalue weighted by Crippen LogP contribution is -2.23. The zero-order chi connectivity index (χ0) is 16.2. The van der Waals surface area contributed by atoms with Crippen LogP contribution >= 0.6 is 0 Å². The minimum atomic E-state index is -0.623. The van der Waals surface area contributed by atoms with Gasteiger partial charge >= 0.3 is 0 Å². The minimum absolute atomic E-state index is 0.0817. The third kappa shape index (κ3) is 3.23. The molecule has 1 N–H and O–H groups in total. The van der Waals surface area contributed by atoms with Gasteiger partial charge in [-0.25, -0.2) is 8.78 Å². The van der Waals surface area contributed by atoms with Crippen LogP contribution in [-0.2, 0) is 6.54 Å². The molecule has 0 radical (unpaired) electrons. The first-order valence-electron chi connectivity index (χ1n) is 6.75. The van der Waals surface area contributed by atoms with Crippen LogP contribution in [0.1, 0.15) is 16.2 Å². The van der Waals surface area contributed by atoms with Crippen LogP contribution in [0, 0.1) is 11.6 Å².